The van der Waals surface area contributed by atoms with E-state index in [1.807, 2.05) is 37.3 Å². The summed E-state index contributed by atoms with van der Waals surface area (Å²) in [5.41, 5.74) is 3.11. The van der Waals surface area contributed by atoms with E-state index in [-0.39, 0.29) is 0 Å². The molecule has 0 fully saturated rings. The van der Waals surface area contributed by atoms with Crippen LogP contribution < -0.4 is 4.74 Å². The number of pyridine rings is 1. The highest BCUT2D eigenvalue weighted by Crippen LogP contribution is 2.22. The number of hydrogen-bond donors (Lipinski definition) is 1. The third-order valence-corrected chi connectivity index (χ3v) is 3.03. The highest BCUT2D eigenvalue weighted by Gasteiger charge is 2.11. The van der Waals surface area contributed by atoms with Crippen LogP contribution in [0.5, 0.6) is 5.75 Å². The lowest BCUT2D eigenvalue weighted by molar-refractivity contribution is 0.177. The van der Waals surface area contributed by atoms with E-state index in [2.05, 4.69) is 4.98 Å². The zero-order chi connectivity index (χ0) is 13.0. The summed E-state index contributed by atoms with van der Waals surface area (Å²) >= 11 is 0. The van der Waals surface area contributed by atoms with Gasteiger partial charge in [-0.1, -0.05) is 24.3 Å². The molecule has 0 aliphatic heterocycles. The number of aliphatic hydroxyl groups excluding tert-OH is 1. The van der Waals surface area contributed by atoms with E-state index >= 15 is 0 Å². The van der Waals surface area contributed by atoms with E-state index in [0.717, 1.165) is 11.1 Å². The summed E-state index contributed by atoms with van der Waals surface area (Å²) in [5.74, 6) is 0.663. The van der Waals surface area contributed by atoms with Gasteiger partial charge in [-0.25, -0.2) is 0 Å². The van der Waals surface area contributed by atoms with Crippen molar-refractivity contribution in [3.63, 3.8) is 0 Å². The van der Waals surface area contributed by atoms with Crippen LogP contribution in [0, 0.1) is 6.92 Å². The minimum absolute atomic E-state index is 0.561. The van der Waals surface area contributed by atoms with Crippen molar-refractivity contribution < 1.29 is 9.84 Å². The molecule has 0 aliphatic rings. The summed E-state index contributed by atoms with van der Waals surface area (Å²) < 4.78 is 5.11. The molecule has 0 aliphatic carbocycles. The average Bonchev–Trinajstić information content (AvgIpc) is 2.41. The Kier molecular flexibility index (Phi) is 3.95. The van der Waals surface area contributed by atoms with Crippen LogP contribution in [-0.4, -0.2) is 17.2 Å². The molecule has 1 aromatic heterocycles. The molecule has 1 unspecified atom stereocenters. The second-order valence-electron chi connectivity index (χ2n) is 4.30. The van der Waals surface area contributed by atoms with Crippen LogP contribution in [0.2, 0.25) is 0 Å². The van der Waals surface area contributed by atoms with Gasteiger partial charge >= 0.3 is 0 Å². The minimum atomic E-state index is -0.561. The van der Waals surface area contributed by atoms with Gasteiger partial charge in [-0.2, -0.15) is 0 Å². The average molecular weight is 243 g/mol. The third-order valence-electron chi connectivity index (χ3n) is 3.03. The smallest absolute Gasteiger partial charge is 0.137 e. The maximum absolute atomic E-state index is 10.2. The SMILES string of the molecule is COc1cncc(C(O)Cc2ccccc2C)c1. The first kappa shape index (κ1) is 12.6. The number of rotatable bonds is 4. The molecule has 1 heterocycles. The quantitative estimate of drug-likeness (QED) is 0.897. The molecule has 1 atom stereocenters. The van der Waals surface area contributed by atoms with Crippen LogP contribution in [-0.2, 0) is 6.42 Å². The fraction of sp³-hybridized carbons (Fsp3) is 0.267. The molecule has 0 bridgehead atoms. The van der Waals surface area contributed by atoms with E-state index in [9.17, 15) is 5.11 Å². The maximum atomic E-state index is 10.2. The number of aryl methyl sites for hydroxylation is 1. The standard InChI is InChI=1S/C15H17NO2/c1-11-5-3-4-6-12(11)8-15(17)13-7-14(18-2)10-16-9-13/h3-7,9-10,15,17H,8H2,1-2H3. The predicted octanol–water partition coefficient (Wildman–Crippen LogP) is 2.67. The van der Waals surface area contributed by atoms with Gasteiger partial charge in [0.15, 0.2) is 0 Å². The molecule has 1 aromatic carbocycles. The van der Waals surface area contributed by atoms with E-state index in [1.165, 1.54) is 5.56 Å². The van der Waals surface area contributed by atoms with Crippen LogP contribution in [0.1, 0.15) is 22.8 Å². The fourth-order valence-corrected chi connectivity index (χ4v) is 1.89. The molecule has 0 radical (unpaired) electrons. The van der Waals surface area contributed by atoms with E-state index in [1.54, 1.807) is 19.5 Å². The minimum Gasteiger partial charge on any atom is -0.495 e. The Bertz CT molecular complexity index is 525. The number of benzene rings is 1. The molecule has 18 heavy (non-hydrogen) atoms. The Morgan fingerprint density at radius 3 is 2.78 bits per heavy atom. The molecular weight excluding hydrogens is 226 g/mol. The van der Waals surface area contributed by atoms with Gasteiger partial charge in [0.1, 0.15) is 5.75 Å². The second-order valence-corrected chi connectivity index (χ2v) is 4.30. The van der Waals surface area contributed by atoms with Crippen molar-refractivity contribution in [1.82, 2.24) is 4.98 Å². The molecule has 2 aromatic rings. The number of hydrogen-bond acceptors (Lipinski definition) is 3. The first-order chi connectivity index (χ1) is 8.70. The summed E-state index contributed by atoms with van der Waals surface area (Å²) in [4.78, 5) is 4.06. The Hall–Kier alpha value is -1.87. The Morgan fingerprint density at radius 1 is 1.28 bits per heavy atom. The van der Waals surface area contributed by atoms with Crippen LogP contribution in [0.25, 0.3) is 0 Å². The molecule has 0 saturated carbocycles. The first-order valence-electron chi connectivity index (χ1n) is 5.92. The van der Waals surface area contributed by atoms with Gasteiger partial charge in [-0.05, 0) is 24.1 Å². The zero-order valence-corrected chi connectivity index (χ0v) is 10.6. The fourth-order valence-electron chi connectivity index (χ4n) is 1.89. The van der Waals surface area contributed by atoms with Crippen LogP contribution >= 0.6 is 0 Å². The Labute approximate surface area is 107 Å². The lowest BCUT2D eigenvalue weighted by Crippen LogP contribution is -2.04. The monoisotopic (exact) mass is 243 g/mol. The van der Waals surface area contributed by atoms with Crippen molar-refractivity contribution in [3.05, 3.63) is 59.4 Å². The molecule has 0 amide bonds. The highest BCUT2D eigenvalue weighted by molar-refractivity contribution is 5.30. The van der Waals surface area contributed by atoms with E-state index < -0.39 is 6.10 Å². The summed E-state index contributed by atoms with van der Waals surface area (Å²) in [6.45, 7) is 2.05. The number of nitrogens with zero attached hydrogens (tertiary/aromatic N) is 1. The van der Waals surface area contributed by atoms with Crippen molar-refractivity contribution in [3.8, 4) is 5.75 Å². The van der Waals surface area contributed by atoms with E-state index in [0.29, 0.717) is 12.2 Å². The van der Waals surface area contributed by atoms with Crippen LogP contribution in [0.15, 0.2) is 42.7 Å². The summed E-state index contributed by atoms with van der Waals surface area (Å²) in [6.07, 6.45) is 3.32. The molecule has 3 heteroatoms. The van der Waals surface area contributed by atoms with E-state index in [4.69, 9.17) is 4.74 Å². The molecule has 3 nitrogen and oxygen atoms in total. The van der Waals surface area contributed by atoms with Crippen molar-refractivity contribution >= 4 is 0 Å². The van der Waals surface area contributed by atoms with Gasteiger partial charge in [-0.3, -0.25) is 4.98 Å². The van der Waals surface area contributed by atoms with Crippen molar-refractivity contribution in [2.75, 3.05) is 7.11 Å². The number of ether oxygens (including phenoxy) is 1. The van der Waals surface area contributed by atoms with Gasteiger partial charge in [0.05, 0.1) is 19.4 Å². The Morgan fingerprint density at radius 2 is 2.06 bits per heavy atom. The summed E-state index contributed by atoms with van der Waals surface area (Å²) in [6, 6.07) is 9.88. The predicted molar refractivity (Wildman–Crippen MR) is 70.6 cm³/mol. The van der Waals surface area contributed by atoms with Crippen molar-refractivity contribution in [2.24, 2.45) is 0 Å². The van der Waals surface area contributed by atoms with Gasteiger partial charge < -0.3 is 9.84 Å². The molecule has 1 N–H and O–H groups in total. The summed E-state index contributed by atoms with van der Waals surface area (Å²) in [5, 5.41) is 10.2. The molecular formula is C15H17NO2. The van der Waals surface area contributed by atoms with Gasteiger partial charge in [0.25, 0.3) is 0 Å². The van der Waals surface area contributed by atoms with Crippen molar-refractivity contribution in [2.45, 2.75) is 19.4 Å². The van der Waals surface area contributed by atoms with Crippen LogP contribution in [0.3, 0.4) is 0 Å². The first-order valence-corrected chi connectivity index (χ1v) is 5.92. The number of aliphatic hydroxyl groups is 1. The maximum Gasteiger partial charge on any atom is 0.137 e. The largest absolute Gasteiger partial charge is 0.495 e. The van der Waals surface area contributed by atoms with Gasteiger partial charge in [-0.15, -0.1) is 0 Å². The Balaban J connectivity index is 2.16. The number of methoxy groups -OCH3 is 1. The normalized spacial score (nSPS) is 12.2. The lowest BCUT2D eigenvalue weighted by atomic mass is 9.99. The molecule has 2 rings (SSSR count). The zero-order valence-electron chi connectivity index (χ0n) is 10.6. The van der Waals surface area contributed by atoms with Crippen molar-refractivity contribution in [1.29, 1.82) is 0 Å². The third kappa shape index (κ3) is 2.87. The molecule has 0 saturated heterocycles. The highest BCUT2D eigenvalue weighted by atomic mass is 16.5. The topological polar surface area (TPSA) is 42.4 Å². The van der Waals surface area contributed by atoms with Gasteiger partial charge in [0.2, 0.25) is 0 Å². The second kappa shape index (κ2) is 5.65. The summed E-state index contributed by atoms with van der Waals surface area (Å²) in [7, 11) is 1.59. The molecule has 94 valence electrons. The number of aromatic nitrogens is 1. The van der Waals surface area contributed by atoms with Gasteiger partial charge in [0, 0.05) is 18.2 Å². The molecule has 0 spiro atoms. The lowest BCUT2D eigenvalue weighted by Gasteiger charge is -2.13. The van der Waals surface area contributed by atoms with Crippen LogP contribution in [0.4, 0.5) is 0 Å².